The van der Waals surface area contributed by atoms with Gasteiger partial charge in [-0.2, -0.15) is 0 Å². The Hall–Kier alpha value is -2.87. The fourth-order valence-electron chi connectivity index (χ4n) is 2.50. The van der Waals surface area contributed by atoms with Gasteiger partial charge < -0.3 is 14.1 Å². The second-order valence-electron chi connectivity index (χ2n) is 5.63. The topological polar surface area (TPSA) is 58.2 Å². The van der Waals surface area contributed by atoms with Crippen molar-refractivity contribution in [2.45, 2.75) is 6.54 Å². The van der Waals surface area contributed by atoms with Gasteiger partial charge in [0.15, 0.2) is 0 Å². The van der Waals surface area contributed by atoms with Gasteiger partial charge in [0.05, 0.1) is 17.9 Å². The van der Waals surface area contributed by atoms with Gasteiger partial charge in [0.1, 0.15) is 17.5 Å². The number of halogens is 2. The van der Waals surface area contributed by atoms with Crippen LogP contribution in [0.15, 0.2) is 48.5 Å². The molecule has 0 radical (unpaired) electrons. The fourth-order valence-corrected chi connectivity index (χ4v) is 2.64. The molecule has 134 valence electrons. The molecule has 0 aliphatic rings. The summed E-state index contributed by atoms with van der Waals surface area (Å²) in [6, 6.07) is 11.8. The van der Waals surface area contributed by atoms with Gasteiger partial charge in [0.25, 0.3) is 0 Å². The first-order valence-electron chi connectivity index (χ1n) is 7.65. The van der Waals surface area contributed by atoms with Crippen LogP contribution in [-0.4, -0.2) is 28.0 Å². The van der Waals surface area contributed by atoms with Gasteiger partial charge in [-0.25, -0.2) is 18.6 Å². The summed E-state index contributed by atoms with van der Waals surface area (Å²) in [5.41, 5.74) is 2.61. The second-order valence-corrected chi connectivity index (χ2v) is 5.82. The van der Waals surface area contributed by atoms with E-state index in [1.54, 1.807) is 24.3 Å². The molecule has 1 aromatic heterocycles. The lowest BCUT2D eigenvalue weighted by Gasteiger charge is -2.12. The number of carbonyl (C=O) groups is 1. The standard InChI is InChI=1S/C18H15F2N3O2S/c1-23(18(24)25-26)10-15-21-16(11-2-6-13(19)7-3-11)17(22-15)12-4-8-14(20)9-5-12/h2-9,26H,10H2,1H3,(H,21,22). The number of nitrogens with one attached hydrogen (secondary N) is 1. The molecule has 3 rings (SSSR count). The van der Waals surface area contributed by atoms with Crippen LogP contribution in [-0.2, 0) is 10.7 Å². The Morgan fingerprint density at radius 2 is 1.62 bits per heavy atom. The van der Waals surface area contributed by atoms with Crippen molar-refractivity contribution in [3.63, 3.8) is 0 Å². The highest BCUT2D eigenvalue weighted by atomic mass is 32.1. The third kappa shape index (κ3) is 3.85. The van der Waals surface area contributed by atoms with E-state index in [0.717, 1.165) is 0 Å². The maximum absolute atomic E-state index is 13.2. The van der Waals surface area contributed by atoms with Crippen LogP contribution in [0.3, 0.4) is 0 Å². The zero-order chi connectivity index (χ0) is 18.7. The highest BCUT2D eigenvalue weighted by Crippen LogP contribution is 2.30. The molecule has 0 saturated heterocycles. The predicted molar refractivity (Wildman–Crippen MR) is 96.3 cm³/mol. The summed E-state index contributed by atoms with van der Waals surface area (Å²) in [5.74, 6) is -0.220. The average molecular weight is 375 g/mol. The van der Waals surface area contributed by atoms with Gasteiger partial charge in [-0.15, -0.1) is 0 Å². The summed E-state index contributed by atoms with van der Waals surface area (Å²) >= 11 is 3.49. The van der Waals surface area contributed by atoms with Gasteiger partial charge in [0.2, 0.25) is 0 Å². The lowest BCUT2D eigenvalue weighted by atomic mass is 10.1. The van der Waals surface area contributed by atoms with Gasteiger partial charge in [-0.1, -0.05) is 0 Å². The number of rotatable bonds is 4. The van der Waals surface area contributed by atoms with E-state index in [-0.39, 0.29) is 18.2 Å². The first kappa shape index (κ1) is 17.9. The Bertz CT molecular complexity index is 848. The van der Waals surface area contributed by atoms with Crippen molar-refractivity contribution in [2.24, 2.45) is 0 Å². The second kappa shape index (κ2) is 7.57. The molecule has 0 fully saturated rings. The number of aromatic nitrogens is 2. The lowest BCUT2D eigenvalue weighted by Crippen LogP contribution is -2.25. The van der Waals surface area contributed by atoms with Gasteiger partial charge in [-0.3, -0.25) is 0 Å². The van der Waals surface area contributed by atoms with Crippen molar-refractivity contribution in [3.05, 3.63) is 66.0 Å². The zero-order valence-corrected chi connectivity index (χ0v) is 14.6. The first-order valence-corrected chi connectivity index (χ1v) is 8.01. The monoisotopic (exact) mass is 375 g/mol. The SMILES string of the molecule is CN(Cc1nc(-c2ccc(F)cc2)c(-c2ccc(F)cc2)[nH]1)C(=O)OS. The van der Waals surface area contributed by atoms with E-state index >= 15 is 0 Å². The Labute approximate surface area is 154 Å². The number of thiol groups is 1. The van der Waals surface area contributed by atoms with E-state index in [4.69, 9.17) is 0 Å². The van der Waals surface area contributed by atoms with E-state index in [2.05, 4.69) is 27.1 Å². The highest BCUT2D eigenvalue weighted by Gasteiger charge is 2.17. The Morgan fingerprint density at radius 3 is 2.15 bits per heavy atom. The molecule has 0 saturated carbocycles. The maximum Gasteiger partial charge on any atom is 0.421 e. The van der Waals surface area contributed by atoms with Crippen molar-refractivity contribution in [1.82, 2.24) is 14.9 Å². The quantitative estimate of drug-likeness (QED) is 0.524. The predicted octanol–water partition coefficient (Wildman–Crippen LogP) is 4.44. The maximum atomic E-state index is 13.2. The minimum atomic E-state index is -0.628. The summed E-state index contributed by atoms with van der Waals surface area (Å²) in [4.78, 5) is 20.5. The third-order valence-electron chi connectivity index (χ3n) is 3.78. The number of aromatic amines is 1. The zero-order valence-electron chi connectivity index (χ0n) is 13.7. The molecule has 26 heavy (non-hydrogen) atoms. The minimum Gasteiger partial charge on any atom is -0.378 e. The number of amides is 1. The van der Waals surface area contributed by atoms with Gasteiger partial charge in [-0.05, 0) is 48.5 Å². The number of carbonyl (C=O) groups excluding carboxylic acids is 1. The third-order valence-corrected chi connectivity index (χ3v) is 3.94. The molecule has 8 heteroatoms. The number of hydrogen-bond donors (Lipinski definition) is 2. The van der Waals surface area contributed by atoms with Crippen LogP contribution in [0.5, 0.6) is 0 Å². The van der Waals surface area contributed by atoms with Crippen LogP contribution in [0.4, 0.5) is 13.6 Å². The van der Waals surface area contributed by atoms with E-state index in [9.17, 15) is 13.6 Å². The highest BCUT2D eigenvalue weighted by molar-refractivity contribution is 7.75. The van der Waals surface area contributed by atoms with E-state index in [0.29, 0.717) is 28.3 Å². The number of benzene rings is 2. The van der Waals surface area contributed by atoms with E-state index in [1.807, 2.05) is 0 Å². The normalized spacial score (nSPS) is 10.6. The first-order chi connectivity index (χ1) is 12.5. The van der Waals surface area contributed by atoms with Crippen LogP contribution in [0, 0.1) is 11.6 Å². The summed E-state index contributed by atoms with van der Waals surface area (Å²) in [6.45, 7) is 0.148. The number of imidazole rings is 1. The van der Waals surface area contributed by atoms with Crippen LogP contribution in [0.2, 0.25) is 0 Å². The lowest BCUT2D eigenvalue weighted by molar-refractivity contribution is 0.169. The number of nitrogens with zero attached hydrogens (tertiary/aromatic N) is 2. The molecule has 1 N–H and O–H groups in total. The molecule has 0 bridgehead atoms. The van der Waals surface area contributed by atoms with Crippen molar-refractivity contribution < 1.29 is 17.8 Å². The summed E-state index contributed by atoms with van der Waals surface area (Å²) in [5, 5.41) is 0. The van der Waals surface area contributed by atoms with Crippen LogP contribution < -0.4 is 0 Å². The Morgan fingerprint density at radius 1 is 1.08 bits per heavy atom. The van der Waals surface area contributed by atoms with Crippen molar-refractivity contribution >= 4 is 19.0 Å². The number of H-pyrrole nitrogens is 1. The smallest absolute Gasteiger partial charge is 0.378 e. The summed E-state index contributed by atoms with van der Waals surface area (Å²) in [7, 11) is 1.54. The molecular weight excluding hydrogens is 360 g/mol. The Kier molecular flexibility index (Phi) is 5.22. The molecule has 0 spiro atoms. The van der Waals surface area contributed by atoms with Crippen LogP contribution in [0.1, 0.15) is 5.82 Å². The van der Waals surface area contributed by atoms with Crippen molar-refractivity contribution in [3.8, 4) is 22.5 Å². The molecule has 1 heterocycles. The molecule has 1 amide bonds. The molecule has 0 atom stereocenters. The van der Waals surface area contributed by atoms with E-state index in [1.165, 1.54) is 36.2 Å². The molecule has 2 aromatic carbocycles. The van der Waals surface area contributed by atoms with Gasteiger partial charge in [0, 0.05) is 31.1 Å². The molecule has 0 aliphatic carbocycles. The minimum absolute atomic E-state index is 0.148. The average Bonchev–Trinajstić information content (AvgIpc) is 3.06. The summed E-state index contributed by atoms with van der Waals surface area (Å²) in [6.07, 6.45) is -0.628. The molecular formula is C18H15F2N3O2S. The summed E-state index contributed by atoms with van der Waals surface area (Å²) < 4.78 is 30.9. The van der Waals surface area contributed by atoms with Gasteiger partial charge >= 0.3 is 6.09 Å². The van der Waals surface area contributed by atoms with Crippen molar-refractivity contribution in [2.75, 3.05) is 7.05 Å². The molecule has 0 aliphatic heterocycles. The van der Waals surface area contributed by atoms with Crippen LogP contribution >= 0.6 is 12.9 Å². The molecule has 3 aromatic rings. The van der Waals surface area contributed by atoms with Crippen molar-refractivity contribution in [1.29, 1.82) is 0 Å². The molecule has 5 nitrogen and oxygen atoms in total. The largest absolute Gasteiger partial charge is 0.421 e. The van der Waals surface area contributed by atoms with Crippen LogP contribution in [0.25, 0.3) is 22.5 Å². The van der Waals surface area contributed by atoms with E-state index < -0.39 is 6.09 Å². The number of hydrogen-bond acceptors (Lipinski definition) is 4. The Balaban J connectivity index is 2.04. The molecule has 0 unspecified atom stereocenters. The fraction of sp³-hybridized carbons (Fsp3) is 0.111.